The summed E-state index contributed by atoms with van der Waals surface area (Å²) in [6.07, 6.45) is 12.6. The summed E-state index contributed by atoms with van der Waals surface area (Å²) in [6.45, 7) is 2.40. The fourth-order valence-electron chi connectivity index (χ4n) is 2.82. The van der Waals surface area contributed by atoms with E-state index in [-0.39, 0.29) is 12.6 Å². The number of halogens is 1. The molecule has 0 saturated heterocycles. The highest BCUT2D eigenvalue weighted by Crippen LogP contribution is 2.26. The van der Waals surface area contributed by atoms with Crippen LogP contribution in [-0.4, -0.2) is 31.2 Å². The third-order valence-electron chi connectivity index (χ3n) is 4.06. The third kappa shape index (κ3) is 4.40. The Balaban J connectivity index is 1.99. The summed E-state index contributed by atoms with van der Waals surface area (Å²) in [4.78, 5) is 12.6. The lowest BCUT2D eigenvalue weighted by Crippen LogP contribution is -2.11. The molecular weight excluding hydrogens is 300 g/mol. The van der Waals surface area contributed by atoms with Crippen molar-refractivity contribution in [3.8, 4) is 0 Å². The van der Waals surface area contributed by atoms with Gasteiger partial charge in [-0.2, -0.15) is 0 Å². The molecule has 0 radical (unpaired) electrons. The molecule has 1 N–H and O–H groups in total. The summed E-state index contributed by atoms with van der Waals surface area (Å²) < 4.78 is 2.03. The third-order valence-corrected chi connectivity index (χ3v) is 4.34. The minimum absolute atomic E-state index is 0.166. The molecule has 1 atom stereocenters. The normalized spacial score (nSPS) is 12.9. The first-order valence-electron chi connectivity index (χ1n) is 8.21. The van der Waals surface area contributed by atoms with Crippen LogP contribution in [0.3, 0.4) is 0 Å². The summed E-state index contributed by atoms with van der Waals surface area (Å²) in [5.41, 5.74) is 1.39. The van der Waals surface area contributed by atoms with Crippen molar-refractivity contribution in [2.45, 2.75) is 64.3 Å². The molecule has 2 aromatic rings. The van der Waals surface area contributed by atoms with E-state index >= 15 is 0 Å². The number of aliphatic hydroxyl groups excluding tert-OH is 1. The largest absolute Gasteiger partial charge is 0.396 e. The Hall–Kier alpha value is -1.20. The van der Waals surface area contributed by atoms with E-state index < -0.39 is 0 Å². The number of aliphatic hydroxyl groups is 1. The van der Waals surface area contributed by atoms with Crippen LogP contribution in [0.2, 0.25) is 5.15 Å². The molecule has 0 fully saturated rings. The number of aromatic nitrogens is 4. The molecule has 0 aliphatic rings. The summed E-state index contributed by atoms with van der Waals surface area (Å²) in [5, 5.41) is 9.72. The quantitative estimate of drug-likeness (QED) is 0.526. The van der Waals surface area contributed by atoms with Crippen molar-refractivity contribution in [3.63, 3.8) is 0 Å². The van der Waals surface area contributed by atoms with Gasteiger partial charge >= 0.3 is 0 Å². The second kappa shape index (κ2) is 9.06. The maximum Gasteiger partial charge on any atom is 0.165 e. The number of unbranched alkanes of at least 4 members (excludes halogenated alkanes) is 5. The monoisotopic (exact) mass is 324 g/mol. The van der Waals surface area contributed by atoms with Crippen LogP contribution < -0.4 is 0 Å². The van der Waals surface area contributed by atoms with E-state index in [9.17, 15) is 5.11 Å². The number of hydrogen-bond acceptors (Lipinski definition) is 4. The molecule has 122 valence electrons. The molecule has 0 spiro atoms. The smallest absolute Gasteiger partial charge is 0.165 e. The van der Waals surface area contributed by atoms with Gasteiger partial charge in [0.25, 0.3) is 0 Å². The Kier molecular flexibility index (Phi) is 7.06. The minimum atomic E-state index is 0.166. The highest BCUT2D eigenvalue weighted by Gasteiger charge is 2.16. The Morgan fingerprint density at radius 1 is 1.09 bits per heavy atom. The van der Waals surface area contributed by atoms with Crippen LogP contribution in [0.1, 0.15) is 64.3 Å². The molecule has 0 aromatic carbocycles. The Bertz CT molecular complexity index is 572. The van der Waals surface area contributed by atoms with Gasteiger partial charge in [0.2, 0.25) is 0 Å². The van der Waals surface area contributed by atoms with Gasteiger partial charge in [-0.05, 0) is 12.8 Å². The molecule has 0 unspecified atom stereocenters. The standard InChI is InChI=1S/C16H25ClN4O/c1-2-3-4-5-6-7-8-13(9-10-22)21-12-20-14-15(17)18-11-19-16(14)21/h11-13,22H,2-10H2,1H3/t13-/m1/s1. The maximum atomic E-state index is 9.34. The first-order chi connectivity index (χ1) is 10.8. The molecule has 2 rings (SSSR count). The molecule has 0 saturated carbocycles. The van der Waals surface area contributed by atoms with Crippen molar-refractivity contribution in [3.05, 3.63) is 17.8 Å². The van der Waals surface area contributed by atoms with E-state index in [1.807, 2.05) is 4.57 Å². The van der Waals surface area contributed by atoms with Gasteiger partial charge in [-0.15, -0.1) is 0 Å². The van der Waals surface area contributed by atoms with Gasteiger partial charge in [0, 0.05) is 12.6 Å². The number of fused-ring (bicyclic) bond motifs is 1. The van der Waals surface area contributed by atoms with E-state index in [1.54, 1.807) is 6.33 Å². The fourth-order valence-corrected chi connectivity index (χ4v) is 3.00. The molecular formula is C16H25ClN4O. The van der Waals surface area contributed by atoms with Crippen molar-refractivity contribution in [2.24, 2.45) is 0 Å². The number of hydrogen-bond donors (Lipinski definition) is 1. The molecule has 22 heavy (non-hydrogen) atoms. The number of imidazole rings is 1. The van der Waals surface area contributed by atoms with Crippen molar-refractivity contribution in [1.29, 1.82) is 0 Å². The number of rotatable bonds is 10. The zero-order valence-electron chi connectivity index (χ0n) is 13.2. The van der Waals surface area contributed by atoms with Crippen LogP contribution in [0.4, 0.5) is 0 Å². The first kappa shape index (κ1) is 17.2. The highest BCUT2D eigenvalue weighted by atomic mass is 35.5. The number of nitrogens with zero attached hydrogens (tertiary/aromatic N) is 4. The van der Waals surface area contributed by atoms with Crippen LogP contribution >= 0.6 is 11.6 Å². The van der Waals surface area contributed by atoms with E-state index in [4.69, 9.17) is 11.6 Å². The van der Waals surface area contributed by atoms with Crippen molar-refractivity contribution in [2.75, 3.05) is 6.61 Å². The maximum absolute atomic E-state index is 9.34. The van der Waals surface area contributed by atoms with Gasteiger partial charge in [-0.1, -0.05) is 57.0 Å². The Morgan fingerprint density at radius 3 is 2.64 bits per heavy atom. The van der Waals surface area contributed by atoms with Gasteiger partial charge in [-0.3, -0.25) is 0 Å². The minimum Gasteiger partial charge on any atom is -0.396 e. The molecule has 2 heterocycles. The van der Waals surface area contributed by atoms with Crippen LogP contribution in [0.25, 0.3) is 11.2 Å². The lowest BCUT2D eigenvalue weighted by molar-refractivity contribution is 0.251. The zero-order chi connectivity index (χ0) is 15.8. The second-order valence-electron chi connectivity index (χ2n) is 5.71. The highest BCUT2D eigenvalue weighted by molar-refractivity contribution is 6.33. The topological polar surface area (TPSA) is 63.8 Å². The van der Waals surface area contributed by atoms with Gasteiger partial charge in [0.1, 0.15) is 11.8 Å². The van der Waals surface area contributed by atoms with Crippen molar-refractivity contribution >= 4 is 22.8 Å². The Morgan fingerprint density at radius 2 is 1.86 bits per heavy atom. The van der Waals surface area contributed by atoms with E-state index in [2.05, 4.69) is 21.9 Å². The predicted molar refractivity (Wildman–Crippen MR) is 89.1 cm³/mol. The zero-order valence-corrected chi connectivity index (χ0v) is 14.0. The summed E-state index contributed by atoms with van der Waals surface area (Å²) in [6, 6.07) is 0.215. The van der Waals surface area contributed by atoms with E-state index in [0.717, 1.165) is 18.5 Å². The van der Waals surface area contributed by atoms with E-state index in [1.165, 1.54) is 38.4 Å². The van der Waals surface area contributed by atoms with E-state index in [0.29, 0.717) is 17.1 Å². The summed E-state index contributed by atoms with van der Waals surface area (Å²) >= 11 is 6.05. The second-order valence-corrected chi connectivity index (χ2v) is 6.07. The van der Waals surface area contributed by atoms with Crippen molar-refractivity contribution < 1.29 is 5.11 Å². The summed E-state index contributed by atoms with van der Waals surface area (Å²) in [5.74, 6) is 0. The first-order valence-corrected chi connectivity index (χ1v) is 8.59. The molecule has 0 bridgehead atoms. The average Bonchev–Trinajstić information content (AvgIpc) is 2.95. The average molecular weight is 325 g/mol. The molecule has 0 aliphatic carbocycles. The SMILES string of the molecule is CCCCCCCC[C@H](CCO)n1cnc2c(Cl)ncnc21. The van der Waals surface area contributed by atoms with Crippen molar-refractivity contribution in [1.82, 2.24) is 19.5 Å². The Labute approximate surface area is 136 Å². The van der Waals surface area contributed by atoms with Crippen LogP contribution in [0, 0.1) is 0 Å². The lowest BCUT2D eigenvalue weighted by atomic mass is 10.0. The summed E-state index contributed by atoms with van der Waals surface area (Å²) in [7, 11) is 0. The van der Waals surface area contributed by atoms with Crippen LogP contribution in [0.15, 0.2) is 12.7 Å². The lowest BCUT2D eigenvalue weighted by Gasteiger charge is -2.18. The molecule has 0 amide bonds. The molecule has 2 aromatic heterocycles. The fraction of sp³-hybridized carbons (Fsp3) is 0.688. The van der Waals surface area contributed by atoms with Gasteiger partial charge in [0.15, 0.2) is 10.8 Å². The predicted octanol–water partition coefficient (Wildman–Crippen LogP) is 4.15. The van der Waals surface area contributed by atoms with Gasteiger partial charge in [-0.25, -0.2) is 15.0 Å². The van der Waals surface area contributed by atoms with Gasteiger partial charge < -0.3 is 9.67 Å². The molecule has 6 heteroatoms. The molecule has 5 nitrogen and oxygen atoms in total. The van der Waals surface area contributed by atoms with Crippen LogP contribution in [0.5, 0.6) is 0 Å². The van der Waals surface area contributed by atoms with Crippen LogP contribution in [-0.2, 0) is 0 Å². The van der Waals surface area contributed by atoms with Gasteiger partial charge in [0.05, 0.1) is 6.33 Å². The molecule has 0 aliphatic heterocycles.